The first-order chi connectivity index (χ1) is 8.35. The molecule has 3 nitrogen and oxygen atoms in total. The molecule has 0 saturated heterocycles. The summed E-state index contributed by atoms with van der Waals surface area (Å²) >= 11 is 0. The molecule has 0 amide bonds. The fourth-order valence-corrected chi connectivity index (χ4v) is 2.39. The van der Waals surface area contributed by atoms with E-state index in [9.17, 15) is 9.90 Å². The Morgan fingerprint density at radius 2 is 1.83 bits per heavy atom. The van der Waals surface area contributed by atoms with Gasteiger partial charge in [-0.2, -0.15) is 0 Å². The Labute approximate surface area is 109 Å². The average molecular weight is 250 g/mol. The van der Waals surface area contributed by atoms with Gasteiger partial charge in [0.2, 0.25) is 0 Å². The second-order valence-corrected chi connectivity index (χ2v) is 5.05. The van der Waals surface area contributed by atoms with Gasteiger partial charge in [0.1, 0.15) is 0 Å². The van der Waals surface area contributed by atoms with Gasteiger partial charge in [-0.1, -0.05) is 45.0 Å². The van der Waals surface area contributed by atoms with Crippen LogP contribution in [-0.4, -0.2) is 23.8 Å². The van der Waals surface area contributed by atoms with E-state index in [1.165, 1.54) is 7.11 Å². The van der Waals surface area contributed by atoms with Gasteiger partial charge in [-0.05, 0) is 24.0 Å². The van der Waals surface area contributed by atoms with Crippen molar-refractivity contribution in [2.75, 3.05) is 7.11 Å². The Hall–Kier alpha value is -1.35. The first kappa shape index (κ1) is 14.7. The maximum absolute atomic E-state index is 11.9. The molecule has 0 fully saturated rings. The van der Waals surface area contributed by atoms with E-state index < -0.39 is 11.6 Å². The third kappa shape index (κ3) is 2.41. The number of hydrogen-bond acceptors (Lipinski definition) is 3. The van der Waals surface area contributed by atoms with Crippen LogP contribution in [0.4, 0.5) is 0 Å². The number of carbonyl (C=O) groups excluding carboxylic acids is 1. The van der Waals surface area contributed by atoms with Crippen molar-refractivity contribution in [2.24, 2.45) is 5.92 Å². The molecule has 2 unspecified atom stereocenters. The van der Waals surface area contributed by atoms with Gasteiger partial charge in [0.25, 0.3) is 0 Å². The second kappa shape index (κ2) is 5.53. The van der Waals surface area contributed by atoms with E-state index >= 15 is 0 Å². The lowest BCUT2D eigenvalue weighted by Crippen LogP contribution is -2.49. The van der Waals surface area contributed by atoms with Crippen molar-refractivity contribution in [1.82, 2.24) is 0 Å². The minimum atomic E-state index is -1.50. The molecule has 2 atom stereocenters. The van der Waals surface area contributed by atoms with Gasteiger partial charge in [0.05, 0.1) is 7.11 Å². The van der Waals surface area contributed by atoms with Crippen LogP contribution in [0.15, 0.2) is 24.3 Å². The quantitative estimate of drug-likeness (QED) is 0.836. The van der Waals surface area contributed by atoms with Crippen LogP contribution in [0.3, 0.4) is 0 Å². The van der Waals surface area contributed by atoms with Crippen molar-refractivity contribution < 1.29 is 14.6 Å². The van der Waals surface area contributed by atoms with Gasteiger partial charge in [0.15, 0.2) is 5.60 Å². The molecule has 18 heavy (non-hydrogen) atoms. The molecule has 1 rings (SSSR count). The van der Waals surface area contributed by atoms with Crippen molar-refractivity contribution >= 4 is 5.97 Å². The number of ether oxygens (including phenoxy) is 1. The number of aryl methyl sites for hydroxylation is 1. The van der Waals surface area contributed by atoms with Crippen LogP contribution in [0.5, 0.6) is 0 Å². The molecular formula is C15H22O3. The number of benzene rings is 1. The summed E-state index contributed by atoms with van der Waals surface area (Å²) in [7, 11) is 1.31. The van der Waals surface area contributed by atoms with Crippen molar-refractivity contribution in [1.29, 1.82) is 0 Å². The molecule has 0 aliphatic carbocycles. The van der Waals surface area contributed by atoms with E-state index in [2.05, 4.69) is 0 Å². The number of rotatable bonds is 4. The highest BCUT2D eigenvalue weighted by Gasteiger charge is 2.46. The minimum Gasteiger partial charge on any atom is -0.467 e. The Bertz CT molecular complexity index is 426. The van der Waals surface area contributed by atoms with E-state index in [1.807, 2.05) is 52.0 Å². The molecule has 0 aliphatic rings. The highest BCUT2D eigenvalue weighted by Crippen LogP contribution is 2.36. The Kier molecular flexibility index (Phi) is 4.52. The zero-order chi connectivity index (χ0) is 13.9. The van der Waals surface area contributed by atoms with Gasteiger partial charge >= 0.3 is 5.97 Å². The van der Waals surface area contributed by atoms with Gasteiger partial charge in [-0.3, -0.25) is 0 Å². The van der Waals surface area contributed by atoms with Crippen LogP contribution in [0.1, 0.15) is 37.8 Å². The molecule has 0 aliphatic heterocycles. The topological polar surface area (TPSA) is 46.5 Å². The second-order valence-electron chi connectivity index (χ2n) is 5.05. The lowest BCUT2D eigenvalue weighted by atomic mass is 9.75. The van der Waals surface area contributed by atoms with Gasteiger partial charge in [-0.25, -0.2) is 4.79 Å². The summed E-state index contributed by atoms with van der Waals surface area (Å²) in [4.78, 5) is 11.9. The van der Waals surface area contributed by atoms with Crippen LogP contribution in [0.2, 0.25) is 0 Å². The third-order valence-electron chi connectivity index (χ3n) is 3.71. The lowest BCUT2D eigenvalue weighted by molar-refractivity contribution is -0.170. The molecule has 0 radical (unpaired) electrons. The first-order valence-corrected chi connectivity index (χ1v) is 6.22. The zero-order valence-electron chi connectivity index (χ0n) is 11.7. The minimum absolute atomic E-state index is 0.223. The summed E-state index contributed by atoms with van der Waals surface area (Å²) in [5, 5.41) is 10.7. The number of esters is 1. The summed E-state index contributed by atoms with van der Waals surface area (Å²) < 4.78 is 4.77. The van der Waals surface area contributed by atoms with Crippen molar-refractivity contribution in [3.8, 4) is 0 Å². The highest BCUT2D eigenvalue weighted by atomic mass is 16.5. The fourth-order valence-electron chi connectivity index (χ4n) is 2.39. The van der Waals surface area contributed by atoms with Crippen molar-refractivity contribution in [3.63, 3.8) is 0 Å². The fraction of sp³-hybridized carbons (Fsp3) is 0.533. The number of aliphatic hydroxyl groups is 1. The maximum atomic E-state index is 11.9. The van der Waals surface area contributed by atoms with E-state index in [-0.39, 0.29) is 11.8 Å². The Morgan fingerprint density at radius 3 is 2.28 bits per heavy atom. The molecule has 1 N–H and O–H groups in total. The average Bonchev–Trinajstić information content (AvgIpc) is 2.36. The smallest absolute Gasteiger partial charge is 0.338 e. The van der Waals surface area contributed by atoms with Crippen LogP contribution in [-0.2, 0) is 9.53 Å². The molecule has 1 aromatic carbocycles. The number of methoxy groups -OCH3 is 1. The molecule has 3 heteroatoms. The molecular weight excluding hydrogens is 228 g/mol. The van der Waals surface area contributed by atoms with E-state index in [4.69, 9.17) is 4.74 Å². The molecule has 100 valence electrons. The Morgan fingerprint density at radius 1 is 1.28 bits per heavy atom. The zero-order valence-corrected chi connectivity index (χ0v) is 11.7. The summed E-state index contributed by atoms with van der Waals surface area (Å²) in [6, 6.07) is 7.77. The summed E-state index contributed by atoms with van der Waals surface area (Å²) in [6.45, 7) is 7.49. The molecule has 0 spiro atoms. The maximum Gasteiger partial charge on any atom is 0.338 e. The molecule has 0 heterocycles. The Balaban J connectivity index is 3.24. The van der Waals surface area contributed by atoms with E-state index in [0.29, 0.717) is 0 Å². The molecule has 0 aromatic heterocycles. The van der Waals surface area contributed by atoms with Gasteiger partial charge in [0, 0.05) is 5.92 Å². The van der Waals surface area contributed by atoms with Gasteiger partial charge in [-0.15, -0.1) is 0 Å². The SMILES string of the molecule is COC(=O)C(O)(C(C)C)C(C)c1ccccc1C. The predicted octanol–water partition coefficient (Wildman–Crippen LogP) is 2.66. The predicted molar refractivity (Wildman–Crippen MR) is 71.4 cm³/mol. The molecule has 0 saturated carbocycles. The number of carbonyl (C=O) groups is 1. The van der Waals surface area contributed by atoms with Crippen LogP contribution in [0, 0.1) is 12.8 Å². The largest absolute Gasteiger partial charge is 0.467 e. The first-order valence-electron chi connectivity index (χ1n) is 6.22. The molecule has 1 aromatic rings. The summed E-state index contributed by atoms with van der Waals surface area (Å²) in [5.41, 5.74) is 0.535. The van der Waals surface area contributed by atoms with E-state index in [1.54, 1.807) is 0 Å². The van der Waals surface area contributed by atoms with Crippen LogP contribution >= 0.6 is 0 Å². The third-order valence-corrected chi connectivity index (χ3v) is 3.71. The van der Waals surface area contributed by atoms with Gasteiger partial charge < -0.3 is 9.84 Å². The van der Waals surface area contributed by atoms with Crippen molar-refractivity contribution in [3.05, 3.63) is 35.4 Å². The summed E-state index contributed by atoms with van der Waals surface area (Å²) in [5.74, 6) is -1.11. The van der Waals surface area contributed by atoms with E-state index in [0.717, 1.165) is 11.1 Å². The monoisotopic (exact) mass is 250 g/mol. The molecule has 0 bridgehead atoms. The normalized spacial score (nSPS) is 16.2. The van der Waals surface area contributed by atoms with Crippen LogP contribution < -0.4 is 0 Å². The number of hydrogen-bond donors (Lipinski definition) is 1. The lowest BCUT2D eigenvalue weighted by Gasteiger charge is -2.35. The highest BCUT2D eigenvalue weighted by molar-refractivity contribution is 5.81. The van der Waals surface area contributed by atoms with Crippen LogP contribution in [0.25, 0.3) is 0 Å². The standard InChI is InChI=1S/C15H22O3/c1-10(2)15(17,14(16)18-5)12(4)13-9-7-6-8-11(13)3/h6-10,12,17H,1-5H3. The van der Waals surface area contributed by atoms with Crippen molar-refractivity contribution in [2.45, 2.75) is 39.2 Å². The summed E-state index contributed by atoms with van der Waals surface area (Å²) in [6.07, 6.45) is 0.